The Balaban J connectivity index is 1.80. The fourth-order valence-corrected chi connectivity index (χ4v) is 4.67. The van der Waals surface area contributed by atoms with E-state index < -0.39 is 9.84 Å². The molecule has 1 heterocycles. The zero-order valence-corrected chi connectivity index (χ0v) is 15.7. The largest absolute Gasteiger partial charge is 0.337 e. The molecule has 0 radical (unpaired) electrons. The molecule has 2 aromatic carbocycles. The molecule has 1 amide bonds. The smallest absolute Gasteiger partial charge is 0.253 e. The van der Waals surface area contributed by atoms with Crippen molar-refractivity contribution in [1.82, 2.24) is 10.2 Å². The molecule has 2 aromatic rings. The summed E-state index contributed by atoms with van der Waals surface area (Å²) in [5.74, 6) is -0.182. The van der Waals surface area contributed by atoms with Crippen molar-refractivity contribution in [3.05, 3.63) is 65.7 Å². The van der Waals surface area contributed by atoms with E-state index in [1.807, 2.05) is 25.2 Å². The average Bonchev–Trinajstić information content (AvgIpc) is 2.68. The van der Waals surface area contributed by atoms with Gasteiger partial charge in [-0.15, -0.1) is 0 Å². The number of likely N-dealkylation sites (tertiary alicyclic amines) is 1. The van der Waals surface area contributed by atoms with Gasteiger partial charge in [-0.2, -0.15) is 0 Å². The molecule has 1 N–H and O–H groups in total. The van der Waals surface area contributed by atoms with Crippen molar-refractivity contribution in [2.24, 2.45) is 0 Å². The number of benzene rings is 2. The number of hydrogen-bond donors (Lipinski definition) is 1. The lowest BCUT2D eigenvalue weighted by Gasteiger charge is -2.32. The van der Waals surface area contributed by atoms with E-state index in [1.165, 1.54) is 6.07 Å². The SMILES string of the molecule is CNC1CCCN(C(=O)c2cccc(S(=O)(=O)Cc3ccccc3)c2)C1. The quantitative estimate of drug-likeness (QED) is 0.876. The number of hydrogen-bond acceptors (Lipinski definition) is 4. The number of carbonyl (C=O) groups is 1. The summed E-state index contributed by atoms with van der Waals surface area (Å²) in [4.78, 5) is 14.8. The van der Waals surface area contributed by atoms with Crippen LogP contribution in [0.4, 0.5) is 0 Å². The van der Waals surface area contributed by atoms with E-state index in [-0.39, 0.29) is 22.6 Å². The molecule has 138 valence electrons. The average molecular weight is 372 g/mol. The van der Waals surface area contributed by atoms with Gasteiger partial charge in [0.15, 0.2) is 9.84 Å². The van der Waals surface area contributed by atoms with Crippen molar-refractivity contribution in [3.8, 4) is 0 Å². The molecule has 0 spiro atoms. The molecule has 1 aliphatic heterocycles. The number of nitrogens with zero attached hydrogens (tertiary/aromatic N) is 1. The van der Waals surface area contributed by atoms with E-state index in [9.17, 15) is 13.2 Å². The first-order valence-electron chi connectivity index (χ1n) is 8.83. The van der Waals surface area contributed by atoms with Crippen LogP contribution in [0, 0.1) is 0 Å². The van der Waals surface area contributed by atoms with Crippen LogP contribution in [0.3, 0.4) is 0 Å². The van der Waals surface area contributed by atoms with E-state index in [1.54, 1.807) is 35.2 Å². The Kier molecular flexibility index (Phi) is 5.74. The van der Waals surface area contributed by atoms with Gasteiger partial charge in [0.2, 0.25) is 0 Å². The van der Waals surface area contributed by atoms with Crippen LogP contribution in [0.25, 0.3) is 0 Å². The molecule has 26 heavy (non-hydrogen) atoms. The summed E-state index contributed by atoms with van der Waals surface area (Å²) < 4.78 is 25.4. The highest BCUT2D eigenvalue weighted by Crippen LogP contribution is 2.20. The summed E-state index contributed by atoms with van der Waals surface area (Å²) in [6.07, 6.45) is 2.00. The third-order valence-electron chi connectivity index (χ3n) is 4.76. The van der Waals surface area contributed by atoms with Gasteiger partial charge in [0, 0.05) is 24.7 Å². The molecule has 1 atom stereocenters. The van der Waals surface area contributed by atoms with Gasteiger partial charge in [0.25, 0.3) is 5.91 Å². The standard InChI is InChI=1S/C20H24N2O3S/c1-21-18-10-6-12-22(14-18)20(23)17-9-5-11-19(13-17)26(24,25)15-16-7-3-2-4-8-16/h2-5,7-9,11,13,18,21H,6,10,12,14-15H2,1H3. The fraction of sp³-hybridized carbons (Fsp3) is 0.350. The first-order valence-corrected chi connectivity index (χ1v) is 10.5. The molecule has 0 saturated carbocycles. The van der Waals surface area contributed by atoms with Crippen LogP contribution in [0.2, 0.25) is 0 Å². The van der Waals surface area contributed by atoms with Crippen LogP contribution in [-0.4, -0.2) is 45.4 Å². The molecule has 0 aromatic heterocycles. The van der Waals surface area contributed by atoms with E-state index >= 15 is 0 Å². The second-order valence-electron chi connectivity index (χ2n) is 6.65. The van der Waals surface area contributed by atoms with Gasteiger partial charge >= 0.3 is 0 Å². The molecular weight excluding hydrogens is 348 g/mol. The summed E-state index contributed by atoms with van der Waals surface area (Å²) in [6.45, 7) is 1.36. The summed E-state index contributed by atoms with van der Waals surface area (Å²) in [5, 5.41) is 3.21. The lowest BCUT2D eigenvalue weighted by molar-refractivity contribution is 0.0698. The van der Waals surface area contributed by atoms with Crippen LogP contribution >= 0.6 is 0 Å². The monoisotopic (exact) mass is 372 g/mol. The second-order valence-corrected chi connectivity index (χ2v) is 8.64. The van der Waals surface area contributed by atoms with Crippen molar-refractivity contribution < 1.29 is 13.2 Å². The number of likely N-dealkylation sites (N-methyl/N-ethyl adjacent to an activating group) is 1. The van der Waals surface area contributed by atoms with Gasteiger partial charge in [-0.25, -0.2) is 8.42 Å². The van der Waals surface area contributed by atoms with Crippen molar-refractivity contribution in [2.45, 2.75) is 29.5 Å². The second kappa shape index (κ2) is 8.01. The Morgan fingerprint density at radius 2 is 1.92 bits per heavy atom. The van der Waals surface area contributed by atoms with Gasteiger partial charge in [-0.1, -0.05) is 36.4 Å². The number of piperidine rings is 1. The maximum Gasteiger partial charge on any atom is 0.253 e. The van der Waals surface area contributed by atoms with Gasteiger partial charge in [0.1, 0.15) is 0 Å². The minimum absolute atomic E-state index is 0.0724. The Bertz CT molecular complexity index is 866. The summed E-state index contributed by atoms with van der Waals surface area (Å²) in [6, 6.07) is 15.8. The van der Waals surface area contributed by atoms with E-state index in [0.29, 0.717) is 18.7 Å². The predicted molar refractivity (Wildman–Crippen MR) is 102 cm³/mol. The van der Waals surface area contributed by atoms with Crippen molar-refractivity contribution in [2.75, 3.05) is 20.1 Å². The van der Waals surface area contributed by atoms with E-state index in [0.717, 1.165) is 18.4 Å². The highest BCUT2D eigenvalue weighted by atomic mass is 32.2. The molecular formula is C20H24N2O3S. The zero-order chi connectivity index (χ0) is 18.6. The minimum atomic E-state index is -3.50. The van der Waals surface area contributed by atoms with Crippen molar-refractivity contribution in [1.29, 1.82) is 0 Å². The molecule has 0 bridgehead atoms. The first kappa shape index (κ1) is 18.6. The highest BCUT2D eigenvalue weighted by molar-refractivity contribution is 7.90. The maximum atomic E-state index is 12.8. The zero-order valence-electron chi connectivity index (χ0n) is 14.9. The van der Waals surface area contributed by atoms with Gasteiger partial charge in [-0.05, 0) is 43.7 Å². The molecule has 1 fully saturated rings. The molecule has 1 unspecified atom stereocenters. The van der Waals surface area contributed by atoms with E-state index in [2.05, 4.69) is 5.32 Å². The topological polar surface area (TPSA) is 66.5 Å². The summed E-state index contributed by atoms with van der Waals surface area (Å²) >= 11 is 0. The lowest BCUT2D eigenvalue weighted by atomic mass is 10.0. The Labute approximate surface area is 154 Å². The van der Waals surface area contributed by atoms with Crippen LogP contribution in [0.1, 0.15) is 28.8 Å². The predicted octanol–water partition coefficient (Wildman–Crippen LogP) is 2.48. The Morgan fingerprint density at radius 3 is 2.65 bits per heavy atom. The normalized spacial score (nSPS) is 17.9. The number of nitrogens with one attached hydrogen (secondary N) is 1. The van der Waals surface area contributed by atoms with Crippen LogP contribution in [0.15, 0.2) is 59.5 Å². The molecule has 3 rings (SSSR count). The number of sulfone groups is 1. The maximum absolute atomic E-state index is 12.8. The highest BCUT2D eigenvalue weighted by Gasteiger charge is 2.24. The van der Waals surface area contributed by atoms with Crippen LogP contribution < -0.4 is 5.32 Å². The third-order valence-corrected chi connectivity index (χ3v) is 6.44. The summed E-state index contributed by atoms with van der Waals surface area (Å²) in [7, 11) is -1.60. The number of amides is 1. The van der Waals surface area contributed by atoms with Crippen molar-refractivity contribution >= 4 is 15.7 Å². The van der Waals surface area contributed by atoms with E-state index in [4.69, 9.17) is 0 Å². The number of carbonyl (C=O) groups excluding carboxylic acids is 1. The lowest BCUT2D eigenvalue weighted by Crippen LogP contribution is -2.46. The van der Waals surface area contributed by atoms with Crippen molar-refractivity contribution in [3.63, 3.8) is 0 Å². The van der Waals surface area contributed by atoms with Crippen LogP contribution in [-0.2, 0) is 15.6 Å². The van der Waals surface area contributed by atoms with Gasteiger partial charge in [0.05, 0.1) is 10.6 Å². The van der Waals surface area contributed by atoms with Crippen LogP contribution in [0.5, 0.6) is 0 Å². The molecule has 6 heteroatoms. The third kappa shape index (κ3) is 4.31. The number of rotatable bonds is 5. The fourth-order valence-electron chi connectivity index (χ4n) is 3.28. The molecule has 0 aliphatic carbocycles. The van der Waals surface area contributed by atoms with Gasteiger partial charge < -0.3 is 10.2 Å². The van der Waals surface area contributed by atoms with Gasteiger partial charge in [-0.3, -0.25) is 4.79 Å². The minimum Gasteiger partial charge on any atom is -0.337 e. The Hall–Kier alpha value is -2.18. The first-order chi connectivity index (χ1) is 12.5. The summed E-state index contributed by atoms with van der Waals surface area (Å²) in [5.41, 5.74) is 1.16. The molecule has 1 aliphatic rings. The Morgan fingerprint density at radius 1 is 1.15 bits per heavy atom. The molecule has 5 nitrogen and oxygen atoms in total. The molecule has 1 saturated heterocycles.